The Hall–Kier alpha value is -1.31. The standard InChI is InChI=1S/C11H15F2NO7S3/c1-21-10-2-4-11(5-3-10)24(19,20)14(6-8-22(12,15)16)7-9-23(13,17)18/h2-5H,6-9H2,1H3. The van der Waals surface area contributed by atoms with Gasteiger partial charge in [0.05, 0.1) is 23.5 Å². The van der Waals surface area contributed by atoms with Crippen molar-refractivity contribution in [3.8, 4) is 5.75 Å². The van der Waals surface area contributed by atoms with Crippen LogP contribution in [0, 0.1) is 0 Å². The topological polar surface area (TPSA) is 115 Å². The highest BCUT2D eigenvalue weighted by Gasteiger charge is 2.27. The van der Waals surface area contributed by atoms with Crippen molar-refractivity contribution in [2.45, 2.75) is 4.90 Å². The summed E-state index contributed by atoms with van der Waals surface area (Å²) in [6.07, 6.45) is 0. The van der Waals surface area contributed by atoms with Crippen molar-refractivity contribution in [3.63, 3.8) is 0 Å². The third-order valence-electron chi connectivity index (χ3n) is 2.87. The van der Waals surface area contributed by atoms with Gasteiger partial charge in [-0.25, -0.2) is 8.42 Å². The highest BCUT2D eigenvalue weighted by molar-refractivity contribution is 7.89. The van der Waals surface area contributed by atoms with Crippen LogP contribution in [0.15, 0.2) is 29.2 Å². The van der Waals surface area contributed by atoms with Gasteiger partial charge in [-0.05, 0) is 24.3 Å². The Morgan fingerprint density at radius 1 is 0.875 bits per heavy atom. The van der Waals surface area contributed by atoms with Crippen LogP contribution < -0.4 is 4.74 Å². The Balaban J connectivity index is 3.12. The zero-order valence-corrected chi connectivity index (χ0v) is 14.9. The summed E-state index contributed by atoms with van der Waals surface area (Å²) in [6.45, 7) is -1.72. The molecule has 0 saturated carbocycles. The van der Waals surface area contributed by atoms with Gasteiger partial charge in [0.1, 0.15) is 5.75 Å². The van der Waals surface area contributed by atoms with Crippen LogP contribution in [-0.4, -0.2) is 61.3 Å². The summed E-state index contributed by atoms with van der Waals surface area (Å²) in [5.74, 6) is -2.03. The van der Waals surface area contributed by atoms with Gasteiger partial charge >= 0.3 is 20.4 Å². The van der Waals surface area contributed by atoms with Gasteiger partial charge in [0.25, 0.3) is 0 Å². The first kappa shape index (κ1) is 20.7. The lowest BCUT2D eigenvalue weighted by Crippen LogP contribution is -2.37. The van der Waals surface area contributed by atoms with Crippen LogP contribution >= 0.6 is 0 Å². The van der Waals surface area contributed by atoms with Crippen molar-refractivity contribution in [2.24, 2.45) is 0 Å². The van der Waals surface area contributed by atoms with Crippen LogP contribution in [0.2, 0.25) is 0 Å². The summed E-state index contributed by atoms with van der Waals surface area (Å²) in [7, 11) is -13.0. The highest BCUT2D eigenvalue weighted by Crippen LogP contribution is 2.20. The first-order chi connectivity index (χ1) is 10.8. The van der Waals surface area contributed by atoms with Crippen LogP contribution in [0.1, 0.15) is 0 Å². The van der Waals surface area contributed by atoms with Crippen LogP contribution in [0.3, 0.4) is 0 Å². The Morgan fingerprint density at radius 3 is 1.62 bits per heavy atom. The van der Waals surface area contributed by atoms with Crippen molar-refractivity contribution >= 4 is 30.5 Å². The van der Waals surface area contributed by atoms with Gasteiger partial charge in [0.2, 0.25) is 10.0 Å². The predicted molar refractivity (Wildman–Crippen MR) is 81.5 cm³/mol. The molecule has 1 aromatic carbocycles. The molecule has 0 aliphatic carbocycles. The lowest BCUT2D eigenvalue weighted by Gasteiger charge is -2.20. The minimum atomic E-state index is -5.00. The average Bonchev–Trinajstić information content (AvgIpc) is 2.44. The molecule has 0 bridgehead atoms. The second-order valence-electron chi connectivity index (χ2n) is 4.57. The average molecular weight is 407 g/mol. The molecule has 138 valence electrons. The van der Waals surface area contributed by atoms with E-state index in [1.54, 1.807) is 0 Å². The van der Waals surface area contributed by atoms with Crippen molar-refractivity contribution in [1.82, 2.24) is 4.31 Å². The summed E-state index contributed by atoms with van der Waals surface area (Å²) >= 11 is 0. The number of nitrogens with zero attached hydrogens (tertiary/aromatic N) is 1. The number of rotatable bonds is 9. The predicted octanol–water partition coefficient (Wildman–Crippen LogP) is 0.284. The third kappa shape index (κ3) is 6.67. The van der Waals surface area contributed by atoms with E-state index in [4.69, 9.17) is 4.74 Å². The number of halogens is 2. The maximum atomic E-state index is 12.7. The molecule has 0 aliphatic rings. The molecule has 1 rings (SSSR count). The Bertz CT molecular complexity index is 829. The molecular weight excluding hydrogens is 392 g/mol. The molecule has 0 aromatic heterocycles. The van der Waals surface area contributed by atoms with E-state index < -0.39 is 55.1 Å². The van der Waals surface area contributed by atoms with Crippen LogP contribution in [-0.2, 0) is 30.5 Å². The van der Waals surface area contributed by atoms with Crippen LogP contribution in [0.4, 0.5) is 7.77 Å². The lowest BCUT2D eigenvalue weighted by atomic mass is 10.3. The summed E-state index contributed by atoms with van der Waals surface area (Å²) in [6, 6.07) is 4.88. The zero-order valence-electron chi connectivity index (χ0n) is 12.4. The molecular formula is C11H15F2NO7S3. The van der Waals surface area contributed by atoms with E-state index in [0.29, 0.717) is 10.1 Å². The van der Waals surface area contributed by atoms with Gasteiger partial charge in [0.15, 0.2) is 0 Å². The zero-order chi connectivity index (χ0) is 18.6. The van der Waals surface area contributed by atoms with Gasteiger partial charge in [-0.2, -0.15) is 21.1 Å². The van der Waals surface area contributed by atoms with Crippen LogP contribution in [0.5, 0.6) is 5.75 Å². The molecule has 0 amide bonds. The lowest BCUT2D eigenvalue weighted by molar-refractivity contribution is 0.414. The molecule has 13 heteroatoms. The number of hydrogen-bond donors (Lipinski definition) is 0. The fourth-order valence-electron chi connectivity index (χ4n) is 1.67. The first-order valence-electron chi connectivity index (χ1n) is 6.34. The van der Waals surface area contributed by atoms with Crippen molar-refractivity contribution in [1.29, 1.82) is 0 Å². The van der Waals surface area contributed by atoms with E-state index in [-0.39, 0.29) is 4.90 Å². The molecule has 0 atom stereocenters. The van der Waals surface area contributed by atoms with E-state index in [1.165, 1.54) is 19.2 Å². The summed E-state index contributed by atoms with van der Waals surface area (Å²) in [4.78, 5) is -0.309. The number of benzene rings is 1. The van der Waals surface area contributed by atoms with Crippen molar-refractivity contribution in [3.05, 3.63) is 24.3 Å². The van der Waals surface area contributed by atoms with Gasteiger partial charge in [-0.3, -0.25) is 0 Å². The smallest absolute Gasteiger partial charge is 0.303 e. The molecule has 1 aromatic rings. The first-order valence-corrected chi connectivity index (χ1v) is 10.9. The van der Waals surface area contributed by atoms with Gasteiger partial charge in [-0.1, -0.05) is 0 Å². The fourth-order valence-corrected chi connectivity index (χ4v) is 4.22. The van der Waals surface area contributed by atoms with E-state index in [2.05, 4.69) is 0 Å². The van der Waals surface area contributed by atoms with Gasteiger partial charge in [0, 0.05) is 13.1 Å². The molecule has 0 heterocycles. The molecule has 8 nitrogen and oxygen atoms in total. The molecule has 0 aliphatic heterocycles. The molecule has 0 spiro atoms. The summed E-state index contributed by atoms with van der Waals surface area (Å²) in [5.41, 5.74) is 0. The highest BCUT2D eigenvalue weighted by atomic mass is 32.3. The van der Waals surface area contributed by atoms with E-state index in [9.17, 15) is 33.0 Å². The molecule has 0 fully saturated rings. The minimum Gasteiger partial charge on any atom is -0.497 e. The monoisotopic (exact) mass is 407 g/mol. The van der Waals surface area contributed by atoms with E-state index in [0.717, 1.165) is 12.1 Å². The summed E-state index contributed by atoms with van der Waals surface area (Å²) < 4.78 is 97.7. The van der Waals surface area contributed by atoms with Gasteiger partial charge in [-0.15, -0.1) is 7.77 Å². The Kier molecular flexibility index (Phi) is 6.67. The number of methoxy groups -OCH3 is 1. The quantitative estimate of drug-likeness (QED) is 0.540. The Morgan fingerprint density at radius 2 is 1.29 bits per heavy atom. The molecule has 0 radical (unpaired) electrons. The van der Waals surface area contributed by atoms with Gasteiger partial charge < -0.3 is 4.74 Å². The maximum Gasteiger partial charge on any atom is 0.303 e. The number of ether oxygens (including phenoxy) is 1. The second kappa shape index (κ2) is 7.72. The largest absolute Gasteiger partial charge is 0.497 e. The minimum absolute atomic E-state index is 0.309. The number of sulfonamides is 1. The number of hydrogen-bond acceptors (Lipinski definition) is 7. The fraction of sp³-hybridized carbons (Fsp3) is 0.455. The van der Waals surface area contributed by atoms with Crippen molar-refractivity contribution < 1.29 is 37.8 Å². The SMILES string of the molecule is COc1ccc(S(=O)(=O)N(CCS(=O)(=O)F)CCS(=O)(=O)F)cc1. The molecule has 24 heavy (non-hydrogen) atoms. The van der Waals surface area contributed by atoms with E-state index >= 15 is 0 Å². The normalized spacial score (nSPS) is 13.2. The third-order valence-corrected chi connectivity index (χ3v) is 6.12. The second-order valence-corrected chi connectivity index (χ2v) is 9.48. The van der Waals surface area contributed by atoms with Crippen LogP contribution in [0.25, 0.3) is 0 Å². The van der Waals surface area contributed by atoms with Crippen molar-refractivity contribution in [2.75, 3.05) is 31.7 Å². The molecule has 0 saturated heterocycles. The maximum absolute atomic E-state index is 12.7. The Labute approximate surface area is 139 Å². The molecule has 0 unspecified atom stereocenters. The molecule has 0 N–H and O–H groups in total. The van der Waals surface area contributed by atoms with E-state index in [1.807, 2.05) is 0 Å². The summed E-state index contributed by atoms with van der Waals surface area (Å²) in [5, 5.41) is 0.